The minimum Gasteiger partial charge on any atom is -0.350 e. The zero-order valence-corrected chi connectivity index (χ0v) is 13.5. The summed E-state index contributed by atoms with van der Waals surface area (Å²) in [6, 6.07) is -0.0762. The quantitative estimate of drug-likeness (QED) is 0.920. The highest BCUT2D eigenvalue weighted by Crippen LogP contribution is 2.19. The van der Waals surface area contributed by atoms with Gasteiger partial charge in [0.05, 0.1) is 6.04 Å². The Morgan fingerprint density at radius 3 is 2.50 bits per heavy atom. The van der Waals surface area contributed by atoms with Gasteiger partial charge in [-0.05, 0) is 27.7 Å². The van der Waals surface area contributed by atoms with E-state index in [1.165, 1.54) is 0 Å². The summed E-state index contributed by atoms with van der Waals surface area (Å²) in [4.78, 5) is 21.1. The van der Waals surface area contributed by atoms with Gasteiger partial charge in [-0.3, -0.25) is 9.69 Å². The van der Waals surface area contributed by atoms with Crippen molar-refractivity contribution in [3.8, 4) is 0 Å². The monoisotopic (exact) mass is 296 g/mol. The van der Waals surface area contributed by atoms with Gasteiger partial charge in [0.25, 0.3) is 0 Å². The zero-order chi connectivity index (χ0) is 14.8. The van der Waals surface area contributed by atoms with Crippen molar-refractivity contribution in [3.63, 3.8) is 0 Å². The normalized spacial score (nSPS) is 18.9. The number of piperazine rings is 1. The Balaban J connectivity index is 1.85. The van der Waals surface area contributed by atoms with Crippen molar-refractivity contribution in [2.45, 2.75) is 39.3 Å². The molecule has 20 heavy (non-hydrogen) atoms. The first kappa shape index (κ1) is 15.3. The molecular formula is C14H24N4OS. The Morgan fingerprint density at radius 1 is 1.35 bits per heavy atom. The van der Waals surface area contributed by atoms with Crippen LogP contribution in [0.5, 0.6) is 0 Å². The minimum absolute atomic E-state index is 0.0762. The summed E-state index contributed by atoms with van der Waals surface area (Å²) >= 11 is 1.67. The molecular weight excluding hydrogens is 272 g/mol. The molecule has 1 atom stereocenters. The lowest BCUT2D eigenvalue weighted by molar-refractivity contribution is -0.127. The van der Waals surface area contributed by atoms with Crippen molar-refractivity contribution >= 4 is 22.4 Å². The van der Waals surface area contributed by atoms with Gasteiger partial charge in [0.2, 0.25) is 5.91 Å². The number of rotatable bonds is 3. The van der Waals surface area contributed by atoms with E-state index in [9.17, 15) is 4.79 Å². The molecule has 5 nitrogen and oxygen atoms in total. The SMILES string of the molecule is C[C@@H](C(=O)NC(C)(C)C)N1CCN(c2nccs2)CC1. The van der Waals surface area contributed by atoms with E-state index in [2.05, 4.69) is 20.1 Å². The summed E-state index contributed by atoms with van der Waals surface area (Å²) in [5.74, 6) is 0.111. The van der Waals surface area contributed by atoms with E-state index < -0.39 is 0 Å². The van der Waals surface area contributed by atoms with Crippen LogP contribution in [0.2, 0.25) is 0 Å². The van der Waals surface area contributed by atoms with E-state index in [0.29, 0.717) is 0 Å². The lowest BCUT2D eigenvalue weighted by Crippen LogP contribution is -2.56. The topological polar surface area (TPSA) is 48.5 Å². The van der Waals surface area contributed by atoms with Gasteiger partial charge in [-0.2, -0.15) is 0 Å². The third kappa shape index (κ3) is 3.93. The predicted molar refractivity (Wildman–Crippen MR) is 83.3 cm³/mol. The molecule has 0 saturated carbocycles. The Hall–Kier alpha value is -1.14. The first-order chi connectivity index (χ1) is 9.37. The maximum absolute atomic E-state index is 12.2. The van der Waals surface area contributed by atoms with Crippen LogP contribution >= 0.6 is 11.3 Å². The number of nitrogens with zero attached hydrogens (tertiary/aromatic N) is 3. The summed E-state index contributed by atoms with van der Waals surface area (Å²) in [7, 11) is 0. The Labute approximate surface area is 125 Å². The molecule has 1 saturated heterocycles. The second-order valence-electron chi connectivity index (χ2n) is 6.25. The molecule has 1 aliphatic rings. The molecule has 1 aromatic heterocycles. The maximum atomic E-state index is 12.2. The highest BCUT2D eigenvalue weighted by Gasteiger charge is 2.28. The fourth-order valence-corrected chi connectivity index (χ4v) is 3.01. The number of nitrogens with one attached hydrogen (secondary N) is 1. The second-order valence-corrected chi connectivity index (χ2v) is 7.13. The molecule has 1 N–H and O–H groups in total. The molecule has 1 aliphatic heterocycles. The van der Waals surface area contributed by atoms with Crippen LogP contribution in [0, 0.1) is 0 Å². The van der Waals surface area contributed by atoms with E-state index in [1.54, 1.807) is 11.3 Å². The Bertz CT molecular complexity index is 433. The molecule has 2 heterocycles. The lowest BCUT2D eigenvalue weighted by Gasteiger charge is -2.38. The molecule has 6 heteroatoms. The summed E-state index contributed by atoms with van der Waals surface area (Å²) in [5.41, 5.74) is -0.173. The molecule has 112 valence electrons. The van der Waals surface area contributed by atoms with Crippen molar-refractivity contribution in [2.75, 3.05) is 31.1 Å². The average Bonchev–Trinajstić information content (AvgIpc) is 2.90. The third-order valence-corrected chi connectivity index (χ3v) is 4.26. The number of aromatic nitrogens is 1. The predicted octanol–water partition coefficient (Wildman–Crippen LogP) is 1.57. The van der Waals surface area contributed by atoms with Crippen LogP contribution in [0.15, 0.2) is 11.6 Å². The third-order valence-electron chi connectivity index (χ3n) is 3.43. The van der Waals surface area contributed by atoms with Crippen LogP contribution in [0.25, 0.3) is 0 Å². The van der Waals surface area contributed by atoms with Crippen molar-refractivity contribution in [1.29, 1.82) is 0 Å². The van der Waals surface area contributed by atoms with E-state index in [4.69, 9.17) is 0 Å². The second kappa shape index (κ2) is 6.10. The lowest BCUT2D eigenvalue weighted by atomic mass is 10.1. The van der Waals surface area contributed by atoms with Gasteiger partial charge >= 0.3 is 0 Å². The molecule has 1 aromatic rings. The van der Waals surface area contributed by atoms with Gasteiger partial charge < -0.3 is 10.2 Å². The molecule has 0 spiro atoms. The number of anilines is 1. The number of hydrogen-bond donors (Lipinski definition) is 1. The molecule has 1 fully saturated rings. The standard InChI is InChI=1S/C14H24N4OS/c1-11(12(19)16-14(2,3)4)17-6-8-18(9-7-17)13-15-5-10-20-13/h5,10-11H,6-9H2,1-4H3,(H,16,19)/t11-/m0/s1. The van der Waals surface area contributed by atoms with E-state index in [0.717, 1.165) is 31.3 Å². The maximum Gasteiger partial charge on any atom is 0.237 e. The highest BCUT2D eigenvalue weighted by molar-refractivity contribution is 7.13. The van der Waals surface area contributed by atoms with Gasteiger partial charge in [0.1, 0.15) is 0 Å². The summed E-state index contributed by atoms with van der Waals surface area (Å²) < 4.78 is 0. The van der Waals surface area contributed by atoms with Crippen molar-refractivity contribution in [1.82, 2.24) is 15.2 Å². The summed E-state index contributed by atoms with van der Waals surface area (Å²) in [5, 5.41) is 6.13. The van der Waals surface area contributed by atoms with Crippen LogP contribution < -0.4 is 10.2 Å². The first-order valence-electron chi connectivity index (χ1n) is 7.07. The van der Waals surface area contributed by atoms with Gasteiger partial charge in [0, 0.05) is 43.3 Å². The van der Waals surface area contributed by atoms with Gasteiger partial charge in [0.15, 0.2) is 5.13 Å². The number of carbonyl (C=O) groups excluding carboxylic acids is 1. The van der Waals surface area contributed by atoms with Crippen LogP contribution in [0.4, 0.5) is 5.13 Å². The Morgan fingerprint density at radius 2 is 2.00 bits per heavy atom. The molecule has 0 radical (unpaired) electrons. The zero-order valence-electron chi connectivity index (χ0n) is 12.7. The first-order valence-corrected chi connectivity index (χ1v) is 7.95. The summed E-state index contributed by atoms with van der Waals surface area (Å²) in [6.45, 7) is 11.7. The van der Waals surface area contributed by atoms with Crippen molar-refractivity contribution < 1.29 is 4.79 Å². The van der Waals surface area contributed by atoms with Gasteiger partial charge in [-0.25, -0.2) is 4.98 Å². The summed E-state index contributed by atoms with van der Waals surface area (Å²) in [6.07, 6.45) is 1.84. The molecule has 0 aliphatic carbocycles. The number of carbonyl (C=O) groups is 1. The van der Waals surface area contributed by atoms with E-state index in [1.807, 2.05) is 39.3 Å². The highest BCUT2D eigenvalue weighted by atomic mass is 32.1. The van der Waals surface area contributed by atoms with Crippen molar-refractivity contribution in [3.05, 3.63) is 11.6 Å². The molecule has 0 aromatic carbocycles. The van der Waals surface area contributed by atoms with Crippen LogP contribution in [0.3, 0.4) is 0 Å². The largest absolute Gasteiger partial charge is 0.350 e. The van der Waals surface area contributed by atoms with Gasteiger partial charge in [-0.15, -0.1) is 11.3 Å². The van der Waals surface area contributed by atoms with Crippen LogP contribution in [0.1, 0.15) is 27.7 Å². The minimum atomic E-state index is -0.173. The average molecular weight is 296 g/mol. The smallest absolute Gasteiger partial charge is 0.237 e. The van der Waals surface area contributed by atoms with E-state index in [-0.39, 0.29) is 17.5 Å². The number of amides is 1. The number of thiazole rings is 1. The van der Waals surface area contributed by atoms with Crippen LogP contribution in [-0.4, -0.2) is 53.6 Å². The fraction of sp³-hybridized carbons (Fsp3) is 0.714. The van der Waals surface area contributed by atoms with E-state index >= 15 is 0 Å². The van der Waals surface area contributed by atoms with Gasteiger partial charge in [-0.1, -0.05) is 0 Å². The Kier molecular flexibility index (Phi) is 4.65. The van der Waals surface area contributed by atoms with Crippen LogP contribution in [-0.2, 0) is 4.79 Å². The molecule has 2 rings (SSSR count). The molecule has 1 amide bonds. The fourth-order valence-electron chi connectivity index (χ4n) is 2.31. The molecule has 0 bridgehead atoms. The number of hydrogen-bond acceptors (Lipinski definition) is 5. The van der Waals surface area contributed by atoms with Crippen molar-refractivity contribution in [2.24, 2.45) is 0 Å². The molecule has 0 unspecified atom stereocenters.